The maximum atomic E-state index is 12.4. The van der Waals surface area contributed by atoms with Gasteiger partial charge in [-0.1, -0.05) is 22.9 Å². The van der Waals surface area contributed by atoms with Gasteiger partial charge in [-0.05, 0) is 56.6 Å². The van der Waals surface area contributed by atoms with E-state index in [2.05, 4.69) is 33.1 Å². The Morgan fingerprint density at radius 2 is 1.93 bits per heavy atom. The summed E-state index contributed by atoms with van der Waals surface area (Å²) >= 11 is 3.39. The first-order chi connectivity index (χ1) is 13.0. The molecule has 0 saturated carbocycles. The third-order valence-corrected chi connectivity index (χ3v) is 5.33. The molecule has 27 heavy (non-hydrogen) atoms. The molecule has 2 amide bonds. The molecule has 0 atom stereocenters. The second kappa shape index (κ2) is 11.3. The molecular weight excluding hydrogens is 410 g/mol. The minimum Gasteiger partial charge on any atom is -0.492 e. The van der Waals surface area contributed by atoms with Gasteiger partial charge in [0.2, 0.25) is 11.8 Å². The van der Waals surface area contributed by atoms with Crippen molar-refractivity contribution in [2.75, 3.05) is 46.4 Å². The molecule has 1 fully saturated rings. The Balaban J connectivity index is 1.64. The first-order valence-corrected chi connectivity index (χ1v) is 10.4. The van der Waals surface area contributed by atoms with Crippen molar-refractivity contribution in [2.24, 2.45) is 5.92 Å². The number of likely N-dealkylation sites (N-methyl/N-ethyl adjacent to an activating group) is 1. The number of hydrogen-bond acceptors (Lipinski definition) is 4. The fourth-order valence-electron chi connectivity index (χ4n) is 3.01. The molecule has 1 aromatic carbocycles. The topological polar surface area (TPSA) is 61.9 Å². The Labute approximate surface area is 170 Å². The van der Waals surface area contributed by atoms with E-state index in [1.54, 1.807) is 11.9 Å². The predicted octanol–water partition coefficient (Wildman–Crippen LogP) is 2.52. The standard InChI is InChI=1S/C20H30BrN3O3/c1-3-10-22-20(26)16-8-11-24(12-9-16)15-19(25)23(2)13-14-27-18-6-4-17(21)5-7-18/h4-7,16H,3,8-15H2,1-2H3,(H,22,26). The van der Waals surface area contributed by atoms with Gasteiger partial charge in [0.1, 0.15) is 12.4 Å². The highest BCUT2D eigenvalue weighted by molar-refractivity contribution is 9.10. The van der Waals surface area contributed by atoms with E-state index in [4.69, 9.17) is 4.74 Å². The summed E-state index contributed by atoms with van der Waals surface area (Å²) in [5.74, 6) is 1.12. The van der Waals surface area contributed by atoms with Crippen molar-refractivity contribution >= 4 is 27.7 Å². The molecule has 2 rings (SSSR count). The van der Waals surface area contributed by atoms with Gasteiger partial charge in [0.15, 0.2) is 0 Å². The van der Waals surface area contributed by atoms with Crippen LogP contribution in [0.25, 0.3) is 0 Å². The maximum absolute atomic E-state index is 12.4. The van der Waals surface area contributed by atoms with Crippen LogP contribution in [0.5, 0.6) is 5.75 Å². The molecule has 0 bridgehead atoms. The van der Waals surface area contributed by atoms with Crippen molar-refractivity contribution in [3.63, 3.8) is 0 Å². The predicted molar refractivity (Wildman–Crippen MR) is 110 cm³/mol. The van der Waals surface area contributed by atoms with Crippen LogP contribution in [-0.2, 0) is 9.59 Å². The number of carbonyl (C=O) groups excluding carboxylic acids is 2. The lowest BCUT2D eigenvalue weighted by Gasteiger charge is -2.31. The van der Waals surface area contributed by atoms with Crippen LogP contribution in [0.1, 0.15) is 26.2 Å². The number of hydrogen-bond donors (Lipinski definition) is 1. The minimum absolute atomic E-state index is 0.0833. The molecule has 150 valence electrons. The van der Waals surface area contributed by atoms with Crippen LogP contribution in [0.2, 0.25) is 0 Å². The van der Waals surface area contributed by atoms with Gasteiger partial charge in [-0.2, -0.15) is 0 Å². The van der Waals surface area contributed by atoms with Crippen LogP contribution in [0.3, 0.4) is 0 Å². The molecule has 0 aromatic heterocycles. The van der Waals surface area contributed by atoms with Crippen molar-refractivity contribution in [3.8, 4) is 5.75 Å². The maximum Gasteiger partial charge on any atom is 0.236 e. The molecule has 0 unspecified atom stereocenters. The second-order valence-electron chi connectivity index (χ2n) is 6.96. The van der Waals surface area contributed by atoms with Crippen molar-refractivity contribution < 1.29 is 14.3 Å². The highest BCUT2D eigenvalue weighted by Crippen LogP contribution is 2.18. The van der Waals surface area contributed by atoms with Crippen LogP contribution in [0, 0.1) is 5.92 Å². The van der Waals surface area contributed by atoms with Crippen LogP contribution in [-0.4, -0.2) is 68.0 Å². The van der Waals surface area contributed by atoms with E-state index in [1.807, 2.05) is 24.3 Å². The third-order valence-electron chi connectivity index (χ3n) is 4.80. The van der Waals surface area contributed by atoms with Gasteiger partial charge < -0.3 is 15.0 Å². The third kappa shape index (κ3) is 7.50. The first kappa shape index (κ1) is 21.7. The van der Waals surface area contributed by atoms with E-state index in [1.165, 1.54) is 0 Å². The van der Waals surface area contributed by atoms with E-state index in [0.717, 1.165) is 49.1 Å². The van der Waals surface area contributed by atoms with Crippen molar-refractivity contribution in [1.29, 1.82) is 0 Å². The summed E-state index contributed by atoms with van der Waals surface area (Å²) in [7, 11) is 1.80. The zero-order valence-electron chi connectivity index (χ0n) is 16.2. The summed E-state index contributed by atoms with van der Waals surface area (Å²) in [5, 5.41) is 2.97. The van der Waals surface area contributed by atoms with Crippen LogP contribution < -0.4 is 10.1 Å². The molecule has 1 aromatic rings. The zero-order valence-corrected chi connectivity index (χ0v) is 17.8. The van der Waals surface area contributed by atoms with Crippen LogP contribution in [0.4, 0.5) is 0 Å². The summed E-state index contributed by atoms with van der Waals surface area (Å²) < 4.78 is 6.68. The van der Waals surface area contributed by atoms with Gasteiger partial charge in [-0.3, -0.25) is 14.5 Å². The molecule has 6 nitrogen and oxygen atoms in total. The smallest absolute Gasteiger partial charge is 0.236 e. The van der Waals surface area contributed by atoms with Gasteiger partial charge in [0.25, 0.3) is 0 Å². The van der Waals surface area contributed by atoms with E-state index >= 15 is 0 Å². The number of rotatable bonds is 9. The van der Waals surface area contributed by atoms with E-state index in [0.29, 0.717) is 19.7 Å². The highest BCUT2D eigenvalue weighted by Gasteiger charge is 2.26. The summed E-state index contributed by atoms with van der Waals surface area (Å²) in [6.45, 7) is 5.78. The molecule has 1 saturated heterocycles. The Morgan fingerprint density at radius 1 is 1.26 bits per heavy atom. The average Bonchev–Trinajstić information content (AvgIpc) is 2.68. The monoisotopic (exact) mass is 439 g/mol. The SMILES string of the molecule is CCCNC(=O)C1CCN(CC(=O)N(C)CCOc2ccc(Br)cc2)CC1. The van der Waals surface area contributed by atoms with Gasteiger partial charge >= 0.3 is 0 Å². The second-order valence-corrected chi connectivity index (χ2v) is 7.87. The highest BCUT2D eigenvalue weighted by atomic mass is 79.9. The van der Waals surface area contributed by atoms with Crippen molar-refractivity contribution in [2.45, 2.75) is 26.2 Å². The number of amides is 2. The molecule has 1 aliphatic rings. The van der Waals surface area contributed by atoms with Crippen LogP contribution >= 0.6 is 15.9 Å². The summed E-state index contributed by atoms with van der Waals surface area (Å²) in [4.78, 5) is 28.3. The Morgan fingerprint density at radius 3 is 2.56 bits per heavy atom. The first-order valence-electron chi connectivity index (χ1n) is 9.62. The number of benzene rings is 1. The molecule has 0 spiro atoms. The molecule has 1 aliphatic heterocycles. The lowest BCUT2D eigenvalue weighted by Crippen LogP contribution is -2.45. The van der Waals surface area contributed by atoms with Crippen molar-refractivity contribution in [3.05, 3.63) is 28.7 Å². The summed E-state index contributed by atoms with van der Waals surface area (Å²) in [6, 6.07) is 7.64. The molecule has 7 heteroatoms. The lowest BCUT2D eigenvalue weighted by molar-refractivity contribution is -0.132. The fourth-order valence-corrected chi connectivity index (χ4v) is 3.28. The summed E-state index contributed by atoms with van der Waals surface area (Å²) in [5.41, 5.74) is 0. The quantitative estimate of drug-likeness (QED) is 0.641. The number of halogens is 1. The average molecular weight is 440 g/mol. The molecule has 0 aliphatic carbocycles. The van der Waals surface area contributed by atoms with E-state index in [9.17, 15) is 9.59 Å². The van der Waals surface area contributed by atoms with Crippen molar-refractivity contribution in [1.82, 2.24) is 15.1 Å². The zero-order chi connectivity index (χ0) is 19.6. The van der Waals surface area contributed by atoms with Gasteiger partial charge in [0, 0.05) is 24.0 Å². The van der Waals surface area contributed by atoms with E-state index < -0.39 is 0 Å². The Hall–Kier alpha value is -1.60. The Bertz CT molecular complexity index is 601. The summed E-state index contributed by atoms with van der Waals surface area (Å²) in [6.07, 6.45) is 2.59. The van der Waals surface area contributed by atoms with Gasteiger partial charge in [0.05, 0.1) is 13.1 Å². The normalized spacial score (nSPS) is 15.4. The lowest BCUT2D eigenvalue weighted by atomic mass is 9.96. The number of nitrogens with one attached hydrogen (secondary N) is 1. The number of likely N-dealkylation sites (tertiary alicyclic amines) is 1. The fraction of sp³-hybridized carbons (Fsp3) is 0.600. The molecular formula is C20H30BrN3O3. The molecule has 1 heterocycles. The molecule has 1 N–H and O–H groups in total. The number of ether oxygens (including phenoxy) is 1. The largest absolute Gasteiger partial charge is 0.492 e. The van der Waals surface area contributed by atoms with E-state index in [-0.39, 0.29) is 17.7 Å². The van der Waals surface area contributed by atoms with Crippen LogP contribution in [0.15, 0.2) is 28.7 Å². The molecule has 0 radical (unpaired) electrons. The number of carbonyl (C=O) groups is 2. The minimum atomic E-state index is 0.0833. The number of nitrogens with zero attached hydrogens (tertiary/aromatic N) is 2. The van der Waals surface area contributed by atoms with Gasteiger partial charge in [-0.25, -0.2) is 0 Å². The van der Waals surface area contributed by atoms with Gasteiger partial charge in [-0.15, -0.1) is 0 Å². The number of piperidine rings is 1. The Kier molecular flexibility index (Phi) is 9.07.